The number of Topliss-reactive ketones (excluding diaryl/α,β-unsaturated/α-hetero) is 1. The first kappa shape index (κ1) is 21.4. The third-order valence-electron chi connectivity index (χ3n) is 5.28. The lowest BCUT2D eigenvalue weighted by molar-refractivity contribution is 0.0983. The van der Waals surface area contributed by atoms with Gasteiger partial charge in [-0.2, -0.15) is 0 Å². The Bertz CT molecular complexity index is 984. The molecule has 6 heteroatoms. The summed E-state index contributed by atoms with van der Waals surface area (Å²) in [6.45, 7) is 2.10. The van der Waals surface area contributed by atoms with Crippen LogP contribution in [-0.2, 0) is 12.8 Å². The third kappa shape index (κ3) is 4.99. The van der Waals surface area contributed by atoms with Gasteiger partial charge in [-0.25, -0.2) is 0 Å². The standard InChI is InChI=1S/C23H25NO4.ClH/c1-15(25)22-12-18-7-4-8-21(23(18)28-22)27-14-20(26)13-24-19-10-9-16-5-2-3-6-17(16)11-19;/h2-8,12,19-20,24,26H,9-11,13-14H2,1H3;1H. The molecule has 0 aliphatic heterocycles. The van der Waals surface area contributed by atoms with E-state index in [0.717, 1.165) is 24.6 Å². The second kappa shape index (κ2) is 9.44. The Balaban J connectivity index is 0.00000240. The predicted octanol–water partition coefficient (Wildman–Crippen LogP) is 3.94. The number of rotatable bonds is 7. The molecule has 2 aromatic carbocycles. The summed E-state index contributed by atoms with van der Waals surface area (Å²) in [5, 5.41) is 14.6. The SMILES string of the molecule is CC(=O)c1cc2cccc(OCC(O)CNC3CCc4ccccc4C3)c2o1.Cl. The number of aliphatic hydroxyl groups excluding tert-OH is 1. The molecule has 0 spiro atoms. The summed E-state index contributed by atoms with van der Waals surface area (Å²) in [5.74, 6) is 0.724. The fourth-order valence-corrected chi connectivity index (χ4v) is 3.74. The van der Waals surface area contributed by atoms with E-state index in [1.165, 1.54) is 18.1 Å². The average molecular weight is 416 g/mol. The van der Waals surface area contributed by atoms with E-state index in [-0.39, 0.29) is 24.8 Å². The topological polar surface area (TPSA) is 71.7 Å². The summed E-state index contributed by atoms with van der Waals surface area (Å²) < 4.78 is 11.4. The van der Waals surface area contributed by atoms with Gasteiger partial charge in [0.1, 0.15) is 12.7 Å². The maximum atomic E-state index is 11.5. The van der Waals surface area contributed by atoms with Gasteiger partial charge >= 0.3 is 0 Å². The zero-order chi connectivity index (χ0) is 19.5. The van der Waals surface area contributed by atoms with Crippen molar-refractivity contribution in [2.45, 2.75) is 38.3 Å². The van der Waals surface area contributed by atoms with E-state index in [1.54, 1.807) is 12.1 Å². The Kier molecular flexibility index (Phi) is 6.96. The van der Waals surface area contributed by atoms with E-state index in [4.69, 9.17) is 9.15 Å². The largest absolute Gasteiger partial charge is 0.487 e. The van der Waals surface area contributed by atoms with Crippen LogP contribution >= 0.6 is 12.4 Å². The van der Waals surface area contributed by atoms with Crippen molar-refractivity contribution in [3.63, 3.8) is 0 Å². The van der Waals surface area contributed by atoms with Crippen molar-refractivity contribution in [2.75, 3.05) is 13.2 Å². The Morgan fingerprint density at radius 3 is 2.83 bits per heavy atom. The van der Waals surface area contributed by atoms with Crippen molar-refractivity contribution < 1.29 is 19.1 Å². The number of carbonyl (C=O) groups excluding carboxylic acids is 1. The maximum Gasteiger partial charge on any atom is 0.194 e. The van der Waals surface area contributed by atoms with Crippen molar-refractivity contribution in [1.82, 2.24) is 5.32 Å². The predicted molar refractivity (Wildman–Crippen MR) is 115 cm³/mol. The number of ketones is 1. The molecule has 29 heavy (non-hydrogen) atoms. The highest BCUT2D eigenvalue weighted by molar-refractivity contribution is 5.97. The molecule has 0 radical (unpaired) electrons. The van der Waals surface area contributed by atoms with Crippen molar-refractivity contribution in [1.29, 1.82) is 0 Å². The number of hydrogen-bond donors (Lipinski definition) is 2. The van der Waals surface area contributed by atoms with E-state index in [2.05, 4.69) is 29.6 Å². The van der Waals surface area contributed by atoms with E-state index in [1.807, 2.05) is 12.1 Å². The highest BCUT2D eigenvalue weighted by atomic mass is 35.5. The van der Waals surface area contributed by atoms with Gasteiger partial charge in [-0.1, -0.05) is 36.4 Å². The van der Waals surface area contributed by atoms with Crippen LogP contribution in [0.4, 0.5) is 0 Å². The van der Waals surface area contributed by atoms with Gasteiger partial charge in [0.15, 0.2) is 22.9 Å². The van der Waals surface area contributed by atoms with Gasteiger partial charge in [-0.05, 0) is 42.5 Å². The van der Waals surface area contributed by atoms with Gasteiger partial charge in [-0.3, -0.25) is 4.79 Å². The fourth-order valence-electron chi connectivity index (χ4n) is 3.74. The molecule has 2 N–H and O–H groups in total. The number of para-hydroxylation sites is 1. The minimum atomic E-state index is -0.630. The second-order valence-electron chi connectivity index (χ2n) is 7.42. The van der Waals surface area contributed by atoms with Crippen LogP contribution in [0.2, 0.25) is 0 Å². The summed E-state index contributed by atoms with van der Waals surface area (Å²) in [6.07, 6.45) is 2.50. The Morgan fingerprint density at radius 2 is 2.03 bits per heavy atom. The molecule has 1 aromatic heterocycles. The second-order valence-corrected chi connectivity index (χ2v) is 7.42. The number of furan rings is 1. The monoisotopic (exact) mass is 415 g/mol. The molecule has 0 bridgehead atoms. The van der Waals surface area contributed by atoms with Crippen molar-refractivity contribution in [3.05, 3.63) is 65.4 Å². The number of hydrogen-bond acceptors (Lipinski definition) is 5. The normalized spacial score (nSPS) is 16.7. The van der Waals surface area contributed by atoms with Crippen LogP contribution in [0.1, 0.15) is 35.0 Å². The molecule has 1 aliphatic rings. The number of fused-ring (bicyclic) bond motifs is 2. The molecule has 0 saturated heterocycles. The molecule has 2 atom stereocenters. The zero-order valence-electron chi connectivity index (χ0n) is 16.4. The van der Waals surface area contributed by atoms with E-state index in [0.29, 0.717) is 29.7 Å². The highest BCUT2D eigenvalue weighted by Gasteiger charge is 2.19. The average Bonchev–Trinajstić information content (AvgIpc) is 3.16. The summed E-state index contributed by atoms with van der Waals surface area (Å²) in [5.41, 5.74) is 3.36. The van der Waals surface area contributed by atoms with Crippen molar-refractivity contribution in [3.8, 4) is 5.75 Å². The first-order chi connectivity index (χ1) is 13.6. The molecule has 1 aliphatic carbocycles. The number of ether oxygens (including phenoxy) is 1. The van der Waals surface area contributed by atoms with Crippen molar-refractivity contribution in [2.24, 2.45) is 0 Å². The van der Waals surface area contributed by atoms with Gasteiger partial charge in [0.2, 0.25) is 0 Å². The van der Waals surface area contributed by atoms with Crippen LogP contribution in [0, 0.1) is 0 Å². The van der Waals surface area contributed by atoms with Crippen LogP contribution in [0.5, 0.6) is 5.75 Å². The Morgan fingerprint density at radius 1 is 1.24 bits per heavy atom. The molecule has 3 aromatic rings. The molecular formula is C23H26ClNO4. The fraction of sp³-hybridized carbons (Fsp3) is 0.348. The number of nitrogens with one attached hydrogen (secondary N) is 1. The summed E-state index contributed by atoms with van der Waals surface area (Å²) in [6, 6.07) is 16.1. The van der Waals surface area contributed by atoms with Gasteiger partial charge in [0, 0.05) is 24.9 Å². The smallest absolute Gasteiger partial charge is 0.194 e. The van der Waals surface area contributed by atoms with Gasteiger partial charge in [-0.15, -0.1) is 12.4 Å². The van der Waals surface area contributed by atoms with Crippen LogP contribution in [0.3, 0.4) is 0 Å². The Labute approximate surface area is 176 Å². The molecule has 4 rings (SSSR count). The molecule has 2 unspecified atom stereocenters. The third-order valence-corrected chi connectivity index (χ3v) is 5.28. The van der Waals surface area contributed by atoms with E-state index >= 15 is 0 Å². The maximum absolute atomic E-state index is 11.5. The lowest BCUT2D eigenvalue weighted by Gasteiger charge is -2.26. The summed E-state index contributed by atoms with van der Waals surface area (Å²) in [4.78, 5) is 11.5. The van der Waals surface area contributed by atoms with Gasteiger partial charge < -0.3 is 19.6 Å². The van der Waals surface area contributed by atoms with Crippen LogP contribution in [0.15, 0.2) is 52.9 Å². The number of aryl methyl sites for hydroxylation is 1. The lowest BCUT2D eigenvalue weighted by Crippen LogP contribution is -2.40. The quantitative estimate of drug-likeness (QED) is 0.572. The number of benzene rings is 2. The first-order valence-corrected chi connectivity index (χ1v) is 9.74. The van der Waals surface area contributed by atoms with Gasteiger partial charge in [0.05, 0.1) is 0 Å². The van der Waals surface area contributed by atoms with Crippen LogP contribution in [0.25, 0.3) is 11.0 Å². The molecule has 154 valence electrons. The summed E-state index contributed by atoms with van der Waals surface area (Å²) >= 11 is 0. The van der Waals surface area contributed by atoms with Crippen LogP contribution < -0.4 is 10.1 Å². The molecular weight excluding hydrogens is 390 g/mol. The number of halogens is 1. The van der Waals surface area contributed by atoms with E-state index < -0.39 is 6.10 Å². The minimum Gasteiger partial charge on any atom is -0.487 e. The van der Waals surface area contributed by atoms with Crippen LogP contribution in [-0.4, -0.2) is 36.2 Å². The van der Waals surface area contributed by atoms with Gasteiger partial charge in [0.25, 0.3) is 0 Å². The lowest BCUT2D eigenvalue weighted by atomic mass is 9.88. The van der Waals surface area contributed by atoms with Crippen molar-refractivity contribution >= 4 is 29.2 Å². The minimum absolute atomic E-state index is 0. The molecule has 1 heterocycles. The highest BCUT2D eigenvalue weighted by Crippen LogP contribution is 2.29. The first-order valence-electron chi connectivity index (χ1n) is 9.74. The van der Waals surface area contributed by atoms with E-state index in [9.17, 15) is 9.90 Å². The molecule has 0 saturated carbocycles. The molecule has 5 nitrogen and oxygen atoms in total. The number of carbonyl (C=O) groups is 1. The zero-order valence-corrected chi connectivity index (χ0v) is 17.2. The Hall–Kier alpha value is -2.34. The molecule has 0 fully saturated rings. The summed E-state index contributed by atoms with van der Waals surface area (Å²) in [7, 11) is 0. The molecule has 0 amide bonds. The number of aliphatic hydroxyl groups is 1.